The third-order valence-electron chi connectivity index (χ3n) is 2.36. The number of halogens is 2. The van der Waals surface area contributed by atoms with Crippen LogP contribution in [0.25, 0.3) is 0 Å². The second-order valence-electron chi connectivity index (χ2n) is 3.75. The molecule has 0 amide bonds. The molecule has 0 radical (unpaired) electrons. The van der Waals surface area contributed by atoms with Gasteiger partial charge in [0.2, 0.25) is 5.43 Å². The van der Waals surface area contributed by atoms with Crippen molar-refractivity contribution in [3.63, 3.8) is 0 Å². The number of benzene rings is 1. The van der Waals surface area contributed by atoms with Gasteiger partial charge in [-0.3, -0.25) is 4.79 Å². The number of hydrogen-bond acceptors (Lipinski definition) is 4. The Hall–Kier alpha value is -0.550. The van der Waals surface area contributed by atoms with E-state index in [0.717, 1.165) is 10.5 Å². The highest BCUT2D eigenvalue weighted by Gasteiger charge is 2.17. The number of aryl methyl sites for hydroxylation is 1. The fraction of sp³-hybridized carbons (Fsp3) is 0.154. The molecule has 0 saturated carbocycles. The van der Waals surface area contributed by atoms with Gasteiger partial charge in [0.25, 0.3) is 0 Å². The molecule has 0 spiro atoms. The lowest BCUT2D eigenvalue weighted by Crippen LogP contribution is -2.04. The van der Waals surface area contributed by atoms with Crippen LogP contribution in [-0.4, -0.2) is 6.26 Å². The van der Waals surface area contributed by atoms with Crippen LogP contribution in [0.2, 0.25) is 10.0 Å². The largest absolute Gasteiger partial charge is 0.440 e. The molecule has 0 aliphatic heterocycles. The summed E-state index contributed by atoms with van der Waals surface area (Å²) in [6, 6.07) is 7.87. The van der Waals surface area contributed by atoms with E-state index >= 15 is 0 Å². The topological polar surface area (TPSA) is 30.2 Å². The van der Waals surface area contributed by atoms with E-state index in [9.17, 15) is 4.79 Å². The van der Waals surface area contributed by atoms with Crippen molar-refractivity contribution in [1.82, 2.24) is 0 Å². The van der Waals surface area contributed by atoms with E-state index in [0.29, 0.717) is 10.2 Å². The molecule has 2 nitrogen and oxygen atoms in total. The van der Waals surface area contributed by atoms with Gasteiger partial charge in [0.1, 0.15) is 10.0 Å². The summed E-state index contributed by atoms with van der Waals surface area (Å²) in [6.07, 6.45) is 1.79. The zero-order valence-corrected chi connectivity index (χ0v) is 13.3. The molecule has 1 heterocycles. The maximum Gasteiger partial charge on any atom is 0.224 e. The first-order chi connectivity index (χ1) is 9.02. The van der Waals surface area contributed by atoms with Crippen LogP contribution in [0.3, 0.4) is 0 Å². The predicted molar refractivity (Wildman–Crippen MR) is 82.1 cm³/mol. The minimum Gasteiger partial charge on any atom is -0.440 e. The molecule has 0 bridgehead atoms. The first kappa shape index (κ1) is 14.9. The molecule has 19 heavy (non-hydrogen) atoms. The molecule has 0 fully saturated rings. The standard InChI is InChI=1S/C13H10Cl2O2S2/c1-7-3-5-8(6-4-7)19-13-10(15)11(16)9(14)12(17-13)18-2/h3-6H,1-2H3. The van der Waals surface area contributed by atoms with E-state index < -0.39 is 5.43 Å². The molecule has 0 aliphatic rings. The van der Waals surface area contributed by atoms with Gasteiger partial charge in [0.15, 0.2) is 10.2 Å². The summed E-state index contributed by atoms with van der Waals surface area (Å²) in [5.74, 6) is 0. The highest BCUT2D eigenvalue weighted by Crippen LogP contribution is 2.36. The van der Waals surface area contributed by atoms with Crippen LogP contribution in [0.1, 0.15) is 5.56 Å². The summed E-state index contributed by atoms with van der Waals surface area (Å²) in [6.45, 7) is 2.01. The Labute approximate surface area is 129 Å². The molecular formula is C13H10Cl2O2S2. The predicted octanol–water partition coefficient (Wildman–Crippen LogP) is 5.13. The van der Waals surface area contributed by atoms with Gasteiger partial charge in [0.05, 0.1) is 0 Å². The van der Waals surface area contributed by atoms with Crippen molar-refractivity contribution in [2.45, 2.75) is 22.0 Å². The molecule has 2 rings (SSSR count). The van der Waals surface area contributed by atoms with E-state index in [4.69, 9.17) is 27.6 Å². The second kappa shape index (κ2) is 6.27. The maximum atomic E-state index is 11.9. The summed E-state index contributed by atoms with van der Waals surface area (Å²) in [5, 5.41) is 0.800. The van der Waals surface area contributed by atoms with Gasteiger partial charge in [-0.05, 0) is 25.3 Å². The zero-order chi connectivity index (χ0) is 14.0. The monoisotopic (exact) mass is 332 g/mol. The van der Waals surface area contributed by atoms with Gasteiger partial charge < -0.3 is 4.42 Å². The average molecular weight is 333 g/mol. The van der Waals surface area contributed by atoms with Crippen molar-refractivity contribution in [1.29, 1.82) is 0 Å². The SMILES string of the molecule is CSc1oc(Sc2ccc(C)cc2)c(Cl)c(=O)c1Cl. The molecule has 2 aromatic rings. The Morgan fingerprint density at radius 2 is 1.63 bits per heavy atom. The first-order valence-corrected chi connectivity index (χ1v) is 8.13. The Balaban J connectivity index is 2.43. The van der Waals surface area contributed by atoms with Crippen LogP contribution in [-0.2, 0) is 0 Å². The molecule has 0 saturated heterocycles. The lowest BCUT2D eigenvalue weighted by molar-refractivity contribution is 0.373. The van der Waals surface area contributed by atoms with Gasteiger partial charge in [-0.15, -0.1) is 0 Å². The number of rotatable bonds is 3. The highest BCUT2D eigenvalue weighted by molar-refractivity contribution is 7.99. The summed E-state index contributed by atoms with van der Waals surface area (Å²) < 4.78 is 5.57. The Morgan fingerprint density at radius 3 is 2.21 bits per heavy atom. The Kier molecular flexibility index (Phi) is 4.90. The summed E-state index contributed by atoms with van der Waals surface area (Å²) in [7, 11) is 0. The molecule has 0 unspecified atom stereocenters. The van der Waals surface area contributed by atoms with Crippen molar-refractivity contribution < 1.29 is 4.42 Å². The lowest BCUT2D eigenvalue weighted by Gasteiger charge is -2.06. The van der Waals surface area contributed by atoms with Crippen molar-refractivity contribution in [2.24, 2.45) is 0 Å². The number of thioether (sulfide) groups is 1. The van der Waals surface area contributed by atoms with Crippen LogP contribution in [0.15, 0.2) is 48.6 Å². The Morgan fingerprint density at radius 1 is 1.05 bits per heavy atom. The molecule has 1 aromatic carbocycles. The quantitative estimate of drug-likeness (QED) is 0.729. The summed E-state index contributed by atoms with van der Waals surface area (Å²) in [5.41, 5.74) is 0.770. The second-order valence-corrected chi connectivity index (χ2v) is 6.33. The summed E-state index contributed by atoms with van der Waals surface area (Å²) in [4.78, 5) is 12.8. The molecule has 0 atom stereocenters. The maximum absolute atomic E-state index is 11.9. The van der Waals surface area contributed by atoms with E-state index in [1.807, 2.05) is 31.2 Å². The minimum atomic E-state index is -0.395. The zero-order valence-electron chi connectivity index (χ0n) is 10.2. The van der Waals surface area contributed by atoms with Gasteiger partial charge in [-0.2, -0.15) is 0 Å². The summed E-state index contributed by atoms with van der Waals surface area (Å²) >= 11 is 14.4. The molecule has 100 valence electrons. The smallest absolute Gasteiger partial charge is 0.224 e. The lowest BCUT2D eigenvalue weighted by atomic mass is 10.2. The third kappa shape index (κ3) is 3.31. The van der Waals surface area contributed by atoms with Crippen LogP contribution in [0.4, 0.5) is 0 Å². The molecule has 1 aromatic heterocycles. The van der Waals surface area contributed by atoms with E-state index in [1.54, 1.807) is 6.26 Å². The highest BCUT2D eigenvalue weighted by atomic mass is 35.5. The van der Waals surface area contributed by atoms with Crippen LogP contribution in [0.5, 0.6) is 0 Å². The van der Waals surface area contributed by atoms with E-state index in [2.05, 4.69) is 0 Å². The fourth-order valence-corrected chi connectivity index (χ4v) is 3.31. The molecule has 0 aliphatic carbocycles. The fourth-order valence-electron chi connectivity index (χ4n) is 1.37. The average Bonchev–Trinajstić information content (AvgIpc) is 2.42. The minimum absolute atomic E-state index is 0.0216. The third-order valence-corrected chi connectivity index (χ3v) is 4.91. The van der Waals surface area contributed by atoms with Gasteiger partial charge in [-0.1, -0.05) is 64.4 Å². The van der Waals surface area contributed by atoms with E-state index in [-0.39, 0.29) is 10.0 Å². The van der Waals surface area contributed by atoms with Crippen molar-refractivity contribution in [3.8, 4) is 0 Å². The Bertz CT molecular complexity index is 651. The van der Waals surface area contributed by atoms with Gasteiger partial charge in [-0.25, -0.2) is 0 Å². The molecular weight excluding hydrogens is 323 g/mol. The molecule has 0 N–H and O–H groups in total. The van der Waals surface area contributed by atoms with Crippen molar-refractivity contribution in [3.05, 3.63) is 50.1 Å². The van der Waals surface area contributed by atoms with Crippen LogP contribution < -0.4 is 5.43 Å². The normalized spacial score (nSPS) is 10.7. The van der Waals surface area contributed by atoms with E-state index in [1.165, 1.54) is 23.5 Å². The molecule has 6 heteroatoms. The van der Waals surface area contributed by atoms with Gasteiger partial charge in [0, 0.05) is 4.90 Å². The van der Waals surface area contributed by atoms with Crippen LogP contribution >= 0.6 is 46.7 Å². The number of hydrogen-bond donors (Lipinski definition) is 0. The van der Waals surface area contributed by atoms with Crippen LogP contribution in [0, 0.1) is 6.92 Å². The van der Waals surface area contributed by atoms with Crippen molar-refractivity contribution in [2.75, 3.05) is 6.26 Å². The first-order valence-electron chi connectivity index (χ1n) is 5.33. The van der Waals surface area contributed by atoms with Crippen molar-refractivity contribution >= 4 is 46.7 Å². The van der Waals surface area contributed by atoms with Gasteiger partial charge >= 0.3 is 0 Å².